The molecule has 0 radical (unpaired) electrons. The van der Waals surface area contributed by atoms with Gasteiger partial charge in [0.05, 0.1) is 17.9 Å². The predicted octanol–water partition coefficient (Wildman–Crippen LogP) is 0.863. The Hall–Kier alpha value is -2.57. The number of carbonyl (C=O) groups excluding carboxylic acids is 1. The van der Waals surface area contributed by atoms with Crippen molar-refractivity contribution in [2.45, 2.75) is 19.8 Å². The van der Waals surface area contributed by atoms with Crippen LogP contribution in [0.1, 0.15) is 30.1 Å². The first kappa shape index (κ1) is 15.5. The highest BCUT2D eigenvalue weighted by atomic mass is 16.5. The van der Waals surface area contributed by atoms with Crippen LogP contribution in [-0.2, 0) is 4.74 Å². The number of esters is 1. The molecule has 6 N–H and O–H groups in total. The quantitative estimate of drug-likeness (QED) is 0.318. The van der Waals surface area contributed by atoms with Gasteiger partial charge in [-0.15, -0.1) is 0 Å². The van der Waals surface area contributed by atoms with Gasteiger partial charge in [0.15, 0.2) is 5.96 Å². The SMILES string of the molecule is CCCCOC(=O)c1cccc(N=C(N)N=C(N)N)c1. The molecule has 0 aliphatic heterocycles. The minimum atomic E-state index is -0.393. The maximum absolute atomic E-state index is 11.8. The first-order valence-corrected chi connectivity index (χ1v) is 6.24. The van der Waals surface area contributed by atoms with Gasteiger partial charge in [-0.05, 0) is 24.6 Å². The van der Waals surface area contributed by atoms with Gasteiger partial charge in [0.2, 0.25) is 5.96 Å². The van der Waals surface area contributed by atoms with Crippen LogP contribution in [0.5, 0.6) is 0 Å². The van der Waals surface area contributed by atoms with Gasteiger partial charge in [0.25, 0.3) is 0 Å². The summed E-state index contributed by atoms with van der Waals surface area (Å²) in [7, 11) is 0. The Morgan fingerprint density at radius 1 is 1.30 bits per heavy atom. The lowest BCUT2D eigenvalue weighted by molar-refractivity contribution is 0.0500. The van der Waals surface area contributed by atoms with E-state index in [4.69, 9.17) is 21.9 Å². The number of ether oxygens (including phenoxy) is 1. The molecule has 0 aliphatic carbocycles. The van der Waals surface area contributed by atoms with Gasteiger partial charge >= 0.3 is 5.97 Å². The summed E-state index contributed by atoms with van der Waals surface area (Å²) in [5, 5.41) is 0. The lowest BCUT2D eigenvalue weighted by Crippen LogP contribution is -2.26. The second-order valence-corrected chi connectivity index (χ2v) is 4.05. The molecule has 7 nitrogen and oxygen atoms in total. The average molecular weight is 277 g/mol. The highest BCUT2D eigenvalue weighted by molar-refractivity contribution is 5.94. The Morgan fingerprint density at radius 2 is 2.05 bits per heavy atom. The summed E-state index contributed by atoms with van der Waals surface area (Å²) in [5.74, 6) is -0.654. The molecule has 0 amide bonds. The van der Waals surface area contributed by atoms with E-state index in [1.807, 2.05) is 6.92 Å². The number of benzene rings is 1. The normalized spacial score (nSPS) is 10.9. The number of nitrogens with zero attached hydrogens (tertiary/aromatic N) is 2. The number of nitrogens with two attached hydrogens (primary N) is 3. The van der Waals surface area contributed by atoms with Crippen molar-refractivity contribution in [3.05, 3.63) is 29.8 Å². The predicted molar refractivity (Wildman–Crippen MR) is 78.7 cm³/mol. The van der Waals surface area contributed by atoms with E-state index in [1.54, 1.807) is 24.3 Å². The maximum atomic E-state index is 11.8. The molecule has 1 aromatic rings. The van der Waals surface area contributed by atoms with Crippen LogP contribution in [0.15, 0.2) is 34.3 Å². The number of hydrogen-bond donors (Lipinski definition) is 3. The minimum absolute atomic E-state index is 0.0819. The molecule has 0 atom stereocenters. The Balaban J connectivity index is 2.80. The lowest BCUT2D eigenvalue weighted by Gasteiger charge is -2.04. The van der Waals surface area contributed by atoms with E-state index >= 15 is 0 Å². The van der Waals surface area contributed by atoms with Crippen LogP contribution in [0.2, 0.25) is 0 Å². The van der Waals surface area contributed by atoms with Crippen LogP contribution < -0.4 is 17.2 Å². The third kappa shape index (κ3) is 5.38. The Bertz CT molecular complexity index is 521. The summed E-state index contributed by atoms with van der Waals surface area (Å²) in [6.07, 6.45) is 1.80. The monoisotopic (exact) mass is 277 g/mol. The topological polar surface area (TPSA) is 129 Å². The van der Waals surface area contributed by atoms with E-state index in [0.29, 0.717) is 17.9 Å². The van der Waals surface area contributed by atoms with E-state index in [-0.39, 0.29) is 11.9 Å². The van der Waals surface area contributed by atoms with E-state index in [2.05, 4.69) is 9.98 Å². The smallest absolute Gasteiger partial charge is 0.338 e. The molecule has 0 saturated heterocycles. The zero-order chi connectivity index (χ0) is 15.0. The molecule has 0 aliphatic rings. The average Bonchev–Trinajstić information content (AvgIpc) is 2.38. The van der Waals surface area contributed by atoms with E-state index in [1.165, 1.54) is 0 Å². The zero-order valence-electron chi connectivity index (χ0n) is 11.4. The standard InChI is InChI=1S/C13H19N5O2/c1-2-3-7-20-11(19)9-5-4-6-10(8-9)17-13(16)18-12(14)15/h4-6,8H,2-3,7H2,1H3,(H6,14,15,16,17,18). The van der Waals surface area contributed by atoms with Crippen molar-refractivity contribution in [3.8, 4) is 0 Å². The van der Waals surface area contributed by atoms with E-state index < -0.39 is 5.97 Å². The fourth-order valence-corrected chi connectivity index (χ4v) is 1.38. The molecule has 20 heavy (non-hydrogen) atoms. The van der Waals surface area contributed by atoms with Gasteiger partial charge in [0.1, 0.15) is 0 Å². The number of hydrogen-bond acceptors (Lipinski definition) is 3. The zero-order valence-corrected chi connectivity index (χ0v) is 11.4. The van der Waals surface area contributed by atoms with Crippen molar-refractivity contribution in [2.75, 3.05) is 6.61 Å². The summed E-state index contributed by atoms with van der Waals surface area (Å²) < 4.78 is 5.11. The summed E-state index contributed by atoms with van der Waals surface area (Å²) in [5.41, 5.74) is 16.8. The van der Waals surface area contributed by atoms with Crippen LogP contribution in [0.4, 0.5) is 5.69 Å². The Kier molecular flexibility index (Phi) is 6.02. The third-order valence-corrected chi connectivity index (χ3v) is 2.30. The van der Waals surface area contributed by atoms with Gasteiger partial charge in [0, 0.05) is 0 Å². The first-order valence-electron chi connectivity index (χ1n) is 6.24. The Labute approximate surface area is 117 Å². The fourth-order valence-electron chi connectivity index (χ4n) is 1.38. The molecule has 0 saturated carbocycles. The van der Waals surface area contributed by atoms with Crippen LogP contribution in [0, 0.1) is 0 Å². The van der Waals surface area contributed by atoms with Crippen molar-refractivity contribution in [3.63, 3.8) is 0 Å². The van der Waals surface area contributed by atoms with Gasteiger partial charge in [-0.3, -0.25) is 0 Å². The molecule has 0 fully saturated rings. The van der Waals surface area contributed by atoms with Gasteiger partial charge in [-0.1, -0.05) is 19.4 Å². The van der Waals surface area contributed by atoms with Gasteiger partial charge in [-0.2, -0.15) is 4.99 Å². The van der Waals surface area contributed by atoms with E-state index in [9.17, 15) is 4.79 Å². The van der Waals surface area contributed by atoms with Crippen molar-refractivity contribution in [1.29, 1.82) is 0 Å². The third-order valence-electron chi connectivity index (χ3n) is 2.30. The molecule has 0 unspecified atom stereocenters. The van der Waals surface area contributed by atoms with Crippen LogP contribution >= 0.6 is 0 Å². The van der Waals surface area contributed by atoms with Crippen LogP contribution in [-0.4, -0.2) is 24.5 Å². The Morgan fingerprint density at radius 3 is 2.70 bits per heavy atom. The fraction of sp³-hybridized carbons (Fsp3) is 0.308. The molecule has 0 heterocycles. The highest BCUT2D eigenvalue weighted by Crippen LogP contribution is 2.15. The first-order chi connectivity index (χ1) is 9.52. The molecule has 0 bridgehead atoms. The molecule has 108 valence electrons. The summed E-state index contributed by atoms with van der Waals surface area (Å²) >= 11 is 0. The summed E-state index contributed by atoms with van der Waals surface area (Å²) in [4.78, 5) is 19.3. The molecular formula is C13H19N5O2. The summed E-state index contributed by atoms with van der Waals surface area (Å²) in [6.45, 7) is 2.43. The lowest BCUT2D eigenvalue weighted by atomic mass is 10.2. The molecule has 7 heteroatoms. The number of guanidine groups is 2. The number of carbonyl (C=O) groups is 1. The molecule has 0 spiro atoms. The van der Waals surface area contributed by atoms with Crippen LogP contribution in [0.3, 0.4) is 0 Å². The van der Waals surface area contributed by atoms with Crippen molar-refractivity contribution in [2.24, 2.45) is 27.2 Å². The minimum Gasteiger partial charge on any atom is -0.462 e. The largest absolute Gasteiger partial charge is 0.462 e. The van der Waals surface area contributed by atoms with Crippen molar-refractivity contribution < 1.29 is 9.53 Å². The molecule has 1 aromatic carbocycles. The second kappa shape index (κ2) is 7.78. The van der Waals surface area contributed by atoms with Crippen LogP contribution in [0.25, 0.3) is 0 Å². The van der Waals surface area contributed by atoms with Crippen molar-refractivity contribution in [1.82, 2.24) is 0 Å². The van der Waals surface area contributed by atoms with Gasteiger partial charge < -0.3 is 21.9 Å². The highest BCUT2D eigenvalue weighted by Gasteiger charge is 2.07. The molecular weight excluding hydrogens is 258 g/mol. The number of unbranched alkanes of at least 4 members (excludes halogenated alkanes) is 1. The summed E-state index contributed by atoms with van der Waals surface area (Å²) in [6, 6.07) is 6.56. The number of aliphatic imine (C=N–C) groups is 2. The maximum Gasteiger partial charge on any atom is 0.338 e. The second-order valence-electron chi connectivity index (χ2n) is 4.05. The van der Waals surface area contributed by atoms with E-state index in [0.717, 1.165) is 12.8 Å². The number of rotatable bonds is 5. The molecule has 0 aromatic heterocycles. The molecule has 1 rings (SSSR count). The van der Waals surface area contributed by atoms with Gasteiger partial charge in [-0.25, -0.2) is 9.79 Å². The van der Waals surface area contributed by atoms with Crippen molar-refractivity contribution >= 4 is 23.6 Å².